The predicted octanol–water partition coefficient (Wildman–Crippen LogP) is 3.35. The van der Waals surface area contributed by atoms with E-state index in [1.165, 1.54) is 13.4 Å². The first-order chi connectivity index (χ1) is 13.6. The average molecular weight is 407 g/mol. The molecular formula is C18H21FN4O4P+. The summed E-state index contributed by atoms with van der Waals surface area (Å²) in [7, 11) is -1.07. The first kappa shape index (κ1) is 20.1. The summed E-state index contributed by atoms with van der Waals surface area (Å²) in [6.45, 7) is -1.03. The van der Waals surface area contributed by atoms with Crippen molar-refractivity contribution in [1.29, 1.82) is 0 Å². The second kappa shape index (κ2) is 9.05. The number of rotatable bonds is 10. The molecule has 10 heteroatoms. The Hall–Kier alpha value is -2.61. The molecular weight excluding hydrogens is 386 g/mol. The van der Waals surface area contributed by atoms with Crippen LogP contribution in [0.2, 0.25) is 0 Å². The molecule has 2 atom stereocenters. The highest BCUT2D eigenvalue weighted by atomic mass is 31.1. The van der Waals surface area contributed by atoms with Crippen molar-refractivity contribution in [3.63, 3.8) is 0 Å². The molecule has 0 spiro atoms. The lowest BCUT2D eigenvalue weighted by Crippen LogP contribution is -2.39. The summed E-state index contributed by atoms with van der Waals surface area (Å²) in [6, 6.07) is 12.3. The van der Waals surface area contributed by atoms with Gasteiger partial charge < -0.3 is 10.5 Å². The SMILES string of the molecule is CO[C@@](CF)(CCc1ccc2c(N)ncnn12)CO[P+](=O)Oc1ccccc1. The number of methoxy groups -OCH3 is 1. The molecule has 0 saturated carbocycles. The van der Waals surface area contributed by atoms with Crippen LogP contribution in [0.25, 0.3) is 5.52 Å². The van der Waals surface area contributed by atoms with Crippen LogP contribution < -0.4 is 10.3 Å². The van der Waals surface area contributed by atoms with Gasteiger partial charge in [-0.05, 0) is 37.1 Å². The number of nitrogens with zero attached hydrogens (tertiary/aromatic N) is 3. The zero-order valence-electron chi connectivity index (χ0n) is 15.3. The molecule has 1 aromatic carbocycles. The number of para-hydroxylation sites is 1. The predicted molar refractivity (Wildman–Crippen MR) is 102 cm³/mol. The van der Waals surface area contributed by atoms with Gasteiger partial charge in [-0.1, -0.05) is 18.2 Å². The molecule has 2 heterocycles. The van der Waals surface area contributed by atoms with Gasteiger partial charge in [0.15, 0.2) is 11.6 Å². The van der Waals surface area contributed by atoms with Gasteiger partial charge in [0, 0.05) is 17.4 Å². The molecule has 2 aromatic heterocycles. The van der Waals surface area contributed by atoms with Crippen LogP contribution in [-0.2, 0) is 20.2 Å². The molecule has 0 radical (unpaired) electrons. The molecule has 0 aliphatic rings. The summed E-state index contributed by atoms with van der Waals surface area (Å²) in [5.41, 5.74) is 6.07. The summed E-state index contributed by atoms with van der Waals surface area (Å²) in [4.78, 5) is 3.94. The van der Waals surface area contributed by atoms with Gasteiger partial charge in [0.05, 0.1) is 0 Å². The van der Waals surface area contributed by atoms with Gasteiger partial charge in [-0.15, -0.1) is 4.52 Å². The van der Waals surface area contributed by atoms with Crippen LogP contribution in [-0.4, -0.2) is 40.6 Å². The zero-order valence-corrected chi connectivity index (χ0v) is 16.2. The molecule has 0 amide bonds. The highest BCUT2D eigenvalue weighted by molar-refractivity contribution is 7.33. The number of ether oxygens (including phenoxy) is 1. The topological polar surface area (TPSA) is 101 Å². The van der Waals surface area contributed by atoms with Gasteiger partial charge in [0.25, 0.3) is 0 Å². The number of hydrogen-bond acceptors (Lipinski definition) is 7. The van der Waals surface area contributed by atoms with E-state index in [-0.39, 0.29) is 13.0 Å². The van der Waals surface area contributed by atoms with Crippen molar-refractivity contribution < 1.29 is 22.7 Å². The molecule has 8 nitrogen and oxygen atoms in total. The third-order valence-corrected chi connectivity index (χ3v) is 5.13. The van der Waals surface area contributed by atoms with E-state index in [0.717, 1.165) is 5.69 Å². The molecule has 3 aromatic rings. The Morgan fingerprint density at radius 1 is 1.25 bits per heavy atom. The number of fused-ring (bicyclic) bond motifs is 1. The summed E-state index contributed by atoms with van der Waals surface area (Å²) in [6.07, 6.45) is 2.09. The number of nitrogens with two attached hydrogens (primary N) is 1. The first-order valence-electron chi connectivity index (χ1n) is 8.58. The van der Waals surface area contributed by atoms with Crippen LogP contribution in [0.4, 0.5) is 10.2 Å². The van der Waals surface area contributed by atoms with Gasteiger partial charge in [0.2, 0.25) is 0 Å². The van der Waals surface area contributed by atoms with E-state index in [0.29, 0.717) is 23.5 Å². The molecule has 0 aliphatic heterocycles. The first-order valence-corrected chi connectivity index (χ1v) is 9.68. The lowest BCUT2D eigenvalue weighted by Gasteiger charge is -2.26. The molecule has 0 aliphatic carbocycles. The quantitative estimate of drug-likeness (QED) is 0.514. The van der Waals surface area contributed by atoms with E-state index in [1.807, 2.05) is 12.1 Å². The number of halogens is 1. The lowest BCUT2D eigenvalue weighted by atomic mass is 9.99. The van der Waals surface area contributed by atoms with Crippen LogP contribution in [0.3, 0.4) is 0 Å². The third-order valence-electron chi connectivity index (χ3n) is 4.43. The highest BCUT2D eigenvalue weighted by Gasteiger charge is 2.36. The minimum absolute atomic E-state index is 0.220. The van der Waals surface area contributed by atoms with E-state index in [1.54, 1.807) is 34.8 Å². The van der Waals surface area contributed by atoms with Gasteiger partial charge in [0.1, 0.15) is 30.7 Å². The van der Waals surface area contributed by atoms with Crippen molar-refractivity contribution in [3.8, 4) is 5.75 Å². The Morgan fingerprint density at radius 2 is 2.04 bits per heavy atom. The summed E-state index contributed by atoms with van der Waals surface area (Å²) in [5.74, 6) is 0.770. The summed E-state index contributed by atoms with van der Waals surface area (Å²) < 4.78 is 43.3. The minimum Gasteiger partial charge on any atom is -0.382 e. The average Bonchev–Trinajstić information content (AvgIpc) is 3.14. The second-order valence-corrected chi connectivity index (χ2v) is 7.08. The minimum atomic E-state index is -2.46. The summed E-state index contributed by atoms with van der Waals surface area (Å²) >= 11 is 0. The normalized spacial score (nSPS) is 14.0. The van der Waals surface area contributed by atoms with E-state index < -0.39 is 20.5 Å². The maximum atomic E-state index is 13.8. The molecule has 0 saturated heterocycles. The van der Waals surface area contributed by atoms with Crippen LogP contribution in [0.1, 0.15) is 12.1 Å². The number of hydrogen-bond donors (Lipinski definition) is 1. The Bertz CT molecular complexity index is 934. The van der Waals surface area contributed by atoms with Crippen molar-refractivity contribution in [2.45, 2.75) is 18.4 Å². The zero-order chi connectivity index (χ0) is 20.0. The number of nitrogen functional groups attached to an aromatic ring is 1. The number of benzene rings is 1. The fourth-order valence-electron chi connectivity index (χ4n) is 2.71. The van der Waals surface area contributed by atoms with Crippen LogP contribution in [0.5, 0.6) is 5.75 Å². The lowest BCUT2D eigenvalue weighted by molar-refractivity contribution is -0.0653. The van der Waals surface area contributed by atoms with Crippen LogP contribution in [0.15, 0.2) is 48.8 Å². The maximum Gasteiger partial charge on any atom is 0.750 e. The van der Waals surface area contributed by atoms with E-state index in [4.69, 9.17) is 19.5 Å². The number of aromatic nitrogens is 3. The van der Waals surface area contributed by atoms with Gasteiger partial charge in [-0.25, -0.2) is 18.4 Å². The van der Waals surface area contributed by atoms with E-state index >= 15 is 0 Å². The molecule has 148 valence electrons. The number of alkyl halides is 1. The standard InChI is InChI=1S/C18H21FN4O4P/c1-25-18(11-19,12-26-28(24)27-15-5-3-2-4-6-15)10-9-14-7-8-16-17(20)21-13-22-23(14)16/h2-8,13H,9-12H2,1H3,(H2,20,21,22)/q+1/t18-/m1/s1. The fourth-order valence-corrected chi connectivity index (χ4v) is 3.40. The molecule has 3 rings (SSSR count). The highest BCUT2D eigenvalue weighted by Crippen LogP contribution is 2.31. The molecule has 28 heavy (non-hydrogen) atoms. The van der Waals surface area contributed by atoms with Gasteiger partial charge in [-0.2, -0.15) is 5.10 Å². The maximum absolute atomic E-state index is 13.8. The molecule has 2 N–H and O–H groups in total. The van der Waals surface area contributed by atoms with Crippen molar-refractivity contribution in [2.24, 2.45) is 0 Å². The number of anilines is 1. The molecule has 0 fully saturated rings. The smallest absolute Gasteiger partial charge is 0.382 e. The number of aryl methyl sites for hydroxylation is 1. The Kier molecular flexibility index (Phi) is 6.51. The monoisotopic (exact) mass is 407 g/mol. The second-order valence-electron chi connectivity index (χ2n) is 6.19. The Morgan fingerprint density at radius 3 is 2.75 bits per heavy atom. The Balaban J connectivity index is 1.62. The Labute approximate surface area is 162 Å². The van der Waals surface area contributed by atoms with Crippen molar-refractivity contribution in [3.05, 3.63) is 54.5 Å². The van der Waals surface area contributed by atoms with Crippen molar-refractivity contribution in [1.82, 2.24) is 14.6 Å². The van der Waals surface area contributed by atoms with Crippen molar-refractivity contribution >= 4 is 19.6 Å². The fraction of sp³-hybridized carbons (Fsp3) is 0.333. The van der Waals surface area contributed by atoms with Crippen LogP contribution in [0, 0.1) is 0 Å². The molecule has 0 bridgehead atoms. The van der Waals surface area contributed by atoms with Gasteiger partial charge in [-0.3, -0.25) is 0 Å². The van der Waals surface area contributed by atoms with Crippen molar-refractivity contribution in [2.75, 3.05) is 26.1 Å². The largest absolute Gasteiger partial charge is 0.750 e. The summed E-state index contributed by atoms with van der Waals surface area (Å²) in [5, 5.41) is 4.17. The van der Waals surface area contributed by atoms with E-state index in [2.05, 4.69) is 10.1 Å². The molecule has 1 unspecified atom stereocenters. The third kappa shape index (κ3) is 4.62. The van der Waals surface area contributed by atoms with Crippen LogP contribution >= 0.6 is 8.25 Å². The van der Waals surface area contributed by atoms with E-state index in [9.17, 15) is 8.96 Å². The van der Waals surface area contributed by atoms with Gasteiger partial charge >= 0.3 is 8.25 Å².